The van der Waals surface area contributed by atoms with Gasteiger partial charge in [0.25, 0.3) is 15.9 Å². The molecule has 0 spiro atoms. The smallest absolute Gasteiger partial charge is 0.261 e. The molecule has 0 aliphatic carbocycles. The number of hydrogen-bond acceptors (Lipinski definition) is 3. The van der Waals surface area contributed by atoms with Crippen molar-refractivity contribution >= 4 is 21.6 Å². The average molecular weight is 451 g/mol. The van der Waals surface area contributed by atoms with Crippen LogP contribution in [0, 0.1) is 6.92 Å². The zero-order valence-corrected chi connectivity index (χ0v) is 20.0. The fraction of sp³-hybridized carbons (Fsp3) is 0.269. The molecule has 6 heteroatoms. The first-order chi connectivity index (χ1) is 15.0. The molecule has 2 N–H and O–H groups in total. The van der Waals surface area contributed by atoms with Gasteiger partial charge in [0.1, 0.15) is 0 Å². The maximum atomic E-state index is 13.0. The van der Waals surface area contributed by atoms with Crippen LogP contribution in [0.4, 0.5) is 5.69 Å². The van der Waals surface area contributed by atoms with Crippen LogP contribution in [0.3, 0.4) is 0 Å². The van der Waals surface area contributed by atoms with Crippen LogP contribution in [-0.2, 0) is 15.4 Å². The molecule has 32 heavy (non-hydrogen) atoms. The zero-order valence-electron chi connectivity index (χ0n) is 19.1. The van der Waals surface area contributed by atoms with Gasteiger partial charge in [-0.25, -0.2) is 8.42 Å². The second kappa shape index (κ2) is 9.17. The highest BCUT2D eigenvalue weighted by atomic mass is 32.2. The van der Waals surface area contributed by atoms with Crippen molar-refractivity contribution in [3.63, 3.8) is 0 Å². The minimum absolute atomic E-state index is 0.0651. The van der Waals surface area contributed by atoms with Gasteiger partial charge in [-0.3, -0.25) is 9.52 Å². The Hall–Kier alpha value is -3.12. The van der Waals surface area contributed by atoms with Gasteiger partial charge in [0.2, 0.25) is 0 Å². The first-order valence-electron chi connectivity index (χ1n) is 10.6. The Kier molecular flexibility index (Phi) is 6.74. The summed E-state index contributed by atoms with van der Waals surface area (Å²) in [6, 6.07) is 21.2. The third-order valence-corrected chi connectivity index (χ3v) is 6.88. The molecule has 3 aromatic carbocycles. The monoisotopic (exact) mass is 450 g/mol. The highest BCUT2D eigenvalue weighted by Crippen LogP contribution is 2.25. The van der Waals surface area contributed by atoms with Crippen molar-refractivity contribution in [2.45, 2.75) is 51.0 Å². The second-order valence-electron chi connectivity index (χ2n) is 8.96. The van der Waals surface area contributed by atoms with Gasteiger partial charge in [0, 0.05) is 5.56 Å². The van der Waals surface area contributed by atoms with E-state index >= 15 is 0 Å². The van der Waals surface area contributed by atoms with E-state index in [2.05, 4.69) is 42.9 Å². The minimum Gasteiger partial charge on any atom is -0.346 e. The largest absolute Gasteiger partial charge is 0.346 e. The van der Waals surface area contributed by atoms with Gasteiger partial charge in [-0.05, 0) is 60.2 Å². The van der Waals surface area contributed by atoms with Crippen LogP contribution in [-0.4, -0.2) is 14.3 Å². The molecule has 3 rings (SSSR count). The Bertz CT molecular complexity index is 1200. The number of benzene rings is 3. The number of rotatable bonds is 6. The third kappa shape index (κ3) is 5.37. The molecule has 168 valence electrons. The van der Waals surface area contributed by atoms with Crippen LogP contribution in [0.25, 0.3) is 0 Å². The molecule has 0 fully saturated rings. The lowest BCUT2D eigenvalue weighted by Gasteiger charge is -2.21. The van der Waals surface area contributed by atoms with Crippen LogP contribution >= 0.6 is 0 Å². The number of hydrogen-bond donors (Lipinski definition) is 2. The molecule has 5 nitrogen and oxygen atoms in total. The number of amides is 1. The lowest BCUT2D eigenvalue weighted by atomic mass is 9.86. The van der Waals surface area contributed by atoms with Crippen molar-refractivity contribution in [2.24, 2.45) is 0 Å². The standard InChI is InChI=1S/C26H30N2O3S/c1-18-23(12-9-13-24(18)28-32(30,31)22-10-7-6-8-11-22)25(29)27-19(2)20-14-16-21(17-15-20)26(3,4)5/h6-17,19,28H,1-5H3,(H,27,29)/t19-/m0/s1. The lowest BCUT2D eigenvalue weighted by molar-refractivity contribution is 0.0939. The highest BCUT2D eigenvalue weighted by molar-refractivity contribution is 7.92. The number of sulfonamides is 1. The van der Waals surface area contributed by atoms with E-state index in [0.29, 0.717) is 16.8 Å². The molecule has 0 aliphatic rings. The maximum Gasteiger partial charge on any atom is 0.261 e. The fourth-order valence-corrected chi connectivity index (χ4v) is 4.57. The first kappa shape index (κ1) is 23.5. The first-order valence-corrected chi connectivity index (χ1v) is 12.1. The van der Waals surface area contributed by atoms with Crippen LogP contribution in [0.2, 0.25) is 0 Å². The summed E-state index contributed by atoms with van der Waals surface area (Å²) in [6.45, 7) is 10.2. The Morgan fingerprint density at radius 1 is 0.875 bits per heavy atom. The van der Waals surface area contributed by atoms with Gasteiger partial charge in [0.05, 0.1) is 16.6 Å². The van der Waals surface area contributed by atoms with E-state index in [-0.39, 0.29) is 22.3 Å². The summed E-state index contributed by atoms with van der Waals surface area (Å²) < 4.78 is 28.0. The predicted molar refractivity (Wildman–Crippen MR) is 129 cm³/mol. The number of carbonyl (C=O) groups excluding carboxylic acids is 1. The highest BCUT2D eigenvalue weighted by Gasteiger charge is 2.19. The molecule has 0 radical (unpaired) electrons. The topological polar surface area (TPSA) is 75.3 Å². The Labute approximate surface area is 190 Å². The second-order valence-corrected chi connectivity index (χ2v) is 10.6. The van der Waals surface area contributed by atoms with E-state index in [0.717, 1.165) is 5.56 Å². The fourth-order valence-electron chi connectivity index (χ4n) is 3.43. The molecule has 0 heterocycles. The van der Waals surface area contributed by atoms with Crippen LogP contribution in [0.1, 0.15) is 60.8 Å². The quantitative estimate of drug-likeness (QED) is 0.514. The molecule has 3 aromatic rings. The summed E-state index contributed by atoms with van der Waals surface area (Å²) in [5, 5.41) is 3.02. The van der Waals surface area contributed by atoms with Crippen LogP contribution in [0.15, 0.2) is 77.7 Å². The number of carbonyl (C=O) groups is 1. The summed E-state index contributed by atoms with van der Waals surface area (Å²) in [5.74, 6) is -0.254. The summed E-state index contributed by atoms with van der Waals surface area (Å²) in [6.07, 6.45) is 0. The SMILES string of the molecule is Cc1c(NS(=O)(=O)c2ccccc2)cccc1C(=O)N[C@@H](C)c1ccc(C(C)(C)C)cc1. The molecule has 0 aliphatic heterocycles. The Morgan fingerprint density at radius 3 is 2.09 bits per heavy atom. The summed E-state index contributed by atoms with van der Waals surface area (Å²) in [7, 11) is -3.74. The molecule has 0 unspecified atom stereocenters. The van der Waals surface area contributed by atoms with Gasteiger partial charge in [0.15, 0.2) is 0 Å². The van der Waals surface area contributed by atoms with Gasteiger partial charge in [-0.1, -0.05) is 69.3 Å². The van der Waals surface area contributed by atoms with Crippen molar-refractivity contribution < 1.29 is 13.2 Å². The van der Waals surface area contributed by atoms with E-state index < -0.39 is 10.0 Å². The molecule has 0 saturated carbocycles. The minimum atomic E-state index is -3.74. The van der Waals surface area contributed by atoms with Crippen LogP contribution in [0.5, 0.6) is 0 Å². The molecule has 1 amide bonds. The van der Waals surface area contributed by atoms with Gasteiger partial charge >= 0.3 is 0 Å². The van der Waals surface area contributed by atoms with Crippen LogP contribution < -0.4 is 10.0 Å². The molecule has 0 aromatic heterocycles. The van der Waals surface area contributed by atoms with E-state index in [1.807, 2.05) is 19.1 Å². The van der Waals surface area contributed by atoms with Crippen molar-refractivity contribution in [3.8, 4) is 0 Å². The van der Waals surface area contributed by atoms with E-state index in [1.165, 1.54) is 17.7 Å². The maximum absolute atomic E-state index is 13.0. The molecule has 1 atom stereocenters. The molecular weight excluding hydrogens is 420 g/mol. The molecule has 0 saturated heterocycles. The van der Waals surface area contributed by atoms with Gasteiger partial charge in [-0.15, -0.1) is 0 Å². The molecular formula is C26H30N2O3S. The van der Waals surface area contributed by atoms with E-state index in [9.17, 15) is 13.2 Å². The third-order valence-electron chi connectivity index (χ3n) is 5.50. The van der Waals surface area contributed by atoms with Crippen molar-refractivity contribution in [2.75, 3.05) is 4.72 Å². The number of nitrogens with one attached hydrogen (secondary N) is 2. The Balaban J connectivity index is 1.78. The lowest BCUT2D eigenvalue weighted by Crippen LogP contribution is -2.27. The summed E-state index contributed by atoms with van der Waals surface area (Å²) in [4.78, 5) is 13.1. The van der Waals surface area contributed by atoms with E-state index in [4.69, 9.17) is 0 Å². The van der Waals surface area contributed by atoms with Gasteiger partial charge in [-0.2, -0.15) is 0 Å². The van der Waals surface area contributed by atoms with Crippen molar-refractivity contribution in [1.82, 2.24) is 5.32 Å². The zero-order chi connectivity index (χ0) is 23.5. The van der Waals surface area contributed by atoms with Gasteiger partial charge < -0.3 is 5.32 Å². The van der Waals surface area contributed by atoms with E-state index in [1.54, 1.807) is 43.3 Å². The Morgan fingerprint density at radius 2 is 1.50 bits per heavy atom. The predicted octanol–water partition coefficient (Wildman–Crippen LogP) is 5.58. The van der Waals surface area contributed by atoms with Crippen molar-refractivity contribution in [1.29, 1.82) is 0 Å². The van der Waals surface area contributed by atoms with Crippen molar-refractivity contribution in [3.05, 3.63) is 95.1 Å². The molecule has 0 bridgehead atoms. The normalized spacial score (nSPS) is 12.8. The summed E-state index contributed by atoms with van der Waals surface area (Å²) >= 11 is 0. The number of anilines is 1. The average Bonchev–Trinajstić information content (AvgIpc) is 2.75. The summed E-state index contributed by atoms with van der Waals surface area (Å²) in [5.41, 5.74) is 3.68.